The van der Waals surface area contributed by atoms with Gasteiger partial charge in [-0.25, -0.2) is 4.98 Å². The molecule has 0 aliphatic heterocycles. The van der Waals surface area contributed by atoms with E-state index in [4.69, 9.17) is 5.73 Å². The molecular weight excluding hydrogens is 238 g/mol. The lowest BCUT2D eigenvalue weighted by Crippen LogP contribution is -2.38. The van der Waals surface area contributed by atoms with Crippen LogP contribution in [0.5, 0.6) is 0 Å². The Balaban J connectivity index is 2.83. The Morgan fingerprint density at radius 2 is 2.11 bits per heavy atom. The quantitative estimate of drug-likeness (QED) is 0.837. The first-order chi connectivity index (χ1) is 8.97. The molecule has 0 spiro atoms. The molecule has 1 heterocycles. The number of nitrogens with two attached hydrogens (primary N) is 1. The van der Waals surface area contributed by atoms with Crippen molar-refractivity contribution >= 4 is 5.91 Å². The first kappa shape index (κ1) is 15.2. The van der Waals surface area contributed by atoms with E-state index in [-0.39, 0.29) is 11.9 Å². The molecule has 1 aromatic rings. The molecule has 2 N–H and O–H groups in total. The number of rotatable bonds is 3. The van der Waals surface area contributed by atoms with E-state index >= 15 is 0 Å². The van der Waals surface area contributed by atoms with Gasteiger partial charge in [-0.2, -0.15) is 0 Å². The zero-order chi connectivity index (χ0) is 14.4. The van der Waals surface area contributed by atoms with Gasteiger partial charge in [0.25, 0.3) is 5.91 Å². The van der Waals surface area contributed by atoms with Crippen LogP contribution in [0.1, 0.15) is 36.8 Å². The molecule has 4 heteroatoms. The van der Waals surface area contributed by atoms with Crippen LogP contribution in [0, 0.1) is 17.8 Å². The summed E-state index contributed by atoms with van der Waals surface area (Å²) in [6, 6.07) is 3.66. The molecule has 0 fully saturated rings. The number of carbonyl (C=O) groups excluding carboxylic acids is 1. The molecule has 0 aromatic carbocycles. The van der Waals surface area contributed by atoms with Gasteiger partial charge in [-0.15, -0.1) is 0 Å². The molecule has 0 radical (unpaired) electrons. The maximum absolute atomic E-state index is 12.2. The maximum Gasteiger partial charge on any atom is 0.272 e. The van der Waals surface area contributed by atoms with E-state index in [1.165, 1.54) is 0 Å². The molecule has 1 aromatic heterocycles. The predicted octanol–water partition coefficient (Wildman–Crippen LogP) is 1.51. The average molecular weight is 259 g/mol. The smallest absolute Gasteiger partial charge is 0.272 e. The van der Waals surface area contributed by atoms with Crippen LogP contribution in [-0.2, 0) is 0 Å². The zero-order valence-corrected chi connectivity index (χ0v) is 12.0. The second-order valence-corrected chi connectivity index (χ2v) is 4.84. The lowest BCUT2D eigenvalue weighted by Gasteiger charge is -2.27. The van der Waals surface area contributed by atoms with Crippen molar-refractivity contribution < 1.29 is 4.79 Å². The van der Waals surface area contributed by atoms with E-state index in [9.17, 15) is 4.79 Å². The lowest BCUT2D eigenvalue weighted by atomic mass is 10.0. The SMILES string of the molecule is CC(C)C(C)N(C)C(=O)c1ccc(C#CCN)cn1. The third-order valence-electron chi connectivity index (χ3n) is 3.21. The van der Waals surface area contributed by atoms with Crippen LogP contribution < -0.4 is 5.73 Å². The summed E-state index contributed by atoms with van der Waals surface area (Å²) in [5, 5.41) is 0. The van der Waals surface area contributed by atoms with E-state index < -0.39 is 0 Å². The van der Waals surface area contributed by atoms with E-state index in [1.54, 1.807) is 30.3 Å². The molecule has 1 unspecified atom stereocenters. The van der Waals surface area contributed by atoms with Crippen LogP contribution in [0.25, 0.3) is 0 Å². The van der Waals surface area contributed by atoms with Gasteiger partial charge >= 0.3 is 0 Å². The third-order valence-corrected chi connectivity index (χ3v) is 3.21. The van der Waals surface area contributed by atoms with Gasteiger partial charge in [0.15, 0.2) is 0 Å². The molecule has 4 nitrogen and oxygen atoms in total. The Bertz CT molecular complexity index is 482. The summed E-state index contributed by atoms with van der Waals surface area (Å²) >= 11 is 0. The summed E-state index contributed by atoms with van der Waals surface area (Å²) < 4.78 is 0. The van der Waals surface area contributed by atoms with E-state index in [1.807, 2.05) is 6.92 Å². The van der Waals surface area contributed by atoms with Gasteiger partial charge in [0.2, 0.25) is 0 Å². The maximum atomic E-state index is 12.2. The van der Waals surface area contributed by atoms with Gasteiger partial charge < -0.3 is 10.6 Å². The van der Waals surface area contributed by atoms with Crippen molar-refractivity contribution in [3.63, 3.8) is 0 Å². The standard InChI is InChI=1S/C15H21N3O/c1-11(2)12(3)18(4)15(19)14-8-7-13(10-17-14)6-5-9-16/h7-8,10-12H,9,16H2,1-4H3. The first-order valence-corrected chi connectivity index (χ1v) is 6.39. The number of carbonyl (C=O) groups is 1. The number of hydrogen-bond donors (Lipinski definition) is 1. The van der Waals surface area contributed by atoms with Crippen molar-refractivity contribution in [2.24, 2.45) is 11.7 Å². The average Bonchev–Trinajstić information content (AvgIpc) is 2.43. The third kappa shape index (κ3) is 4.08. The Hall–Kier alpha value is -1.86. The van der Waals surface area contributed by atoms with Gasteiger partial charge in [0, 0.05) is 24.8 Å². The fraction of sp³-hybridized carbons (Fsp3) is 0.467. The Kier molecular flexibility index (Phi) is 5.53. The van der Waals surface area contributed by atoms with Gasteiger partial charge in [-0.1, -0.05) is 25.7 Å². The van der Waals surface area contributed by atoms with Crippen LogP contribution in [0.15, 0.2) is 18.3 Å². The molecule has 1 amide bonds. The molecule has 1 rings (SSSR count). The van der Waals surface area contributed by atoms with Crippen molar-refractivity contribution in [1.29, 1.82) is 0 Å². The molecule has 1 atom stereocenters. The number of aromatic nitrogens is 1. The first-order valence-electron chi connectivity index (χ1n) is 6.39. The summed E-state index contributed by atoms with van der Waals surface area (Å²) in [6.45, 7) is 6.53. The lowest BCUT2D eigenvalue weighted by molar-refractivity contribution is 0.0701. The van der Waals surface area contributed by atoms with Gasteiger partial charge in [0.1, 0.15) is 5.69 Å². The van der Waals surface area contributed by atoms with Crippen molar-refractivity contribution in [3.05, 3.63) is 29.6 Å². The predicted molar refractivity (Wildman–Crippen MR) is 76.6 cm³/mol. The molecule has 0 bridgehead atoms. The fourth-order valence-electron chi connectivity index (χ4n) is 1.56. The molecule has 102 valence electrons. The Morgan fingerprint density at radius 3 is 2.58 bits per heavy atom. The summed E-state index contributed by atoms with van der Waals surface area (Å²) in [7, 11) is 1.80. The highest BCUT2D eigenvalue weighted by molar-refractivity contribution is 5.92. The fourth-order valence-corrected chi connectivity index (χ4v) is 1.56. The molecule has 19 heavy (non-hydrogen) atoms. The minimum atomic E-state index is -0.0699. The zero-order valence-electron chi connectivity index (χ0n) is 12.0. The summed E-state index contributed by atoms with van der Waals surface area (Å²) in [5.74, 6) is 5.97. The monoisotopic (exact) mass is 259 g/mol. The number of pyridine rings is 1. The minimum Gasteiger partial charge on any atom is -0.337 e. The van der Waals surface area contributed by atoms with Crippen LogP contribution in [0.3, 0.4) is 0 Å². The Labute approximate surface area is 115 Å². The minimum absolute atomic E-state index is 0.0699. The highest BCUT2D eigenvalue weighted by Crippen LogP contribution is 2.11. The second kappa shape index (κ2) is 6.91. The molecule has 0 saturated carbocycles. The van der Waals surface area contributed by atoms with Gasteiger partial charge in [0.05, 0.1) is 6.54 Å². The highest BCUT2D eigenvalue weighted by atomic mass is 16.2. The normalized spacial score (nSPS) is 11.7. The molecule has 0 saturated heterocycles. The molecule has 0 aliphatic carbocycles. The summed E-state index contributed by atoms with van der Waals surface area (Å²) in [5.41, 5.74) is 6.50. The second-order valence-electron chi connectivity index (χ2n) is 4.84. The van der Waals surface area contributed by atoms with Gasteiger partial charge in [-0.3, -0.25) is 4.79 Å². The molecule has 0 aliphatic rings. The number of nitrogens with zero attached hydrogens (tertiary/aromatic N) is 2. The van der Waals surface area contributed by atoms with Crippen molar-refractivity contribution in [3.8, 4) is 11.8 Å². The molecular formula is C15H21N3O. The number of amides is 1. The Morgan fingerprint density at radius 1 is 1.42 bits per heavy atom. The van der Waals surface area contributed by atoms with E-state index in [0.717, 1.165) is 5.56 Å². The van der Waals surface area contributed by atoms with E-state index in [0.29, 0.717) is 18.2 Å². The van der Waals surface area contributed by atoms with Crippen molar-refractivity contribution in [1.82, 2.24) is 9.88 Å². The van der Waals surface area contributed by atoms with Crippen LogP contribution in [-0.4, -0.2) is 35.4 Å². The summed E-state index contributed by atoms with van der Waals surface area (Å²) in [4.78, 5) is 18.1. The van der Waals surface area contributed by atoms with Crippen LogP contribution in [0.2, 0.25) is 0 Å². The van der Waals surface area contributed by atoms with Gasteiger partial charge in [-0.05, 0) is 25.0 Å². The number of hydrogen-bond acceptors (Lipinski definition) is 3. The van der Waals surface area contributed by atoms with Crippen LogP contribution >= 0.6 is 0 Å². The topological polar surface area (TPSA) is 59.2 Å². The largest absolute Gasteiger partial charge is 0.337 e. The van der Waals surface area contributed by atoms with Crippen LogP contribution in [0.4, 0.5) is 0 Å². The van der Waals surface area contributed by atoms with E-state index in [2.05, 4.69) is 30.7 Å². The van der Waals surface area contributed by atoms with Crippen molar-refractivity contribution in [2.45, 2.75) is 26.8 Å². The highest BCUT2D eigenvalue weighted by Gasteiger charge is 2.20. The summed E-state index contributed by atoms with van der Waals surface area (Å²) in [6.07, 6.45) is 1.60. The van der Waals surface area contributed by atoms with Crippen molar-refractivity contribution in [2.75, 3.05) is 13.6 Å².